The first-order valence-electron chi connectivity index (χ1n) is 15.2. The summed E-state index contributed by atoms with van der Waals surface area (Å²) in [6, 6.07) is 44.0. The molecule has 2 heterocycles. The first-order chi connectivity index (χ1) is 21.9. The molecule has 220 valence electrons. The Hall–Kier alpha value is -5.55. The zero-order valence-electron chi connectivity index (χ0n) is 25.8. The minimum absolute atomic E-state index is 0.233. The third kappa shape index (κ3) is 4.34. The summed E-state index contributed by atoms with van der Waals surface area (Å²) in [5.41, 5.74) is 11.3. The molecule has 0 N–H and O–H groups in total. The first kappa shape index (κ1) is 27.0. The molecular weight excluding hydrogens is 555 g/mol. The van der Waals surface area contributed by atoms with Crippen molar-refractivity contribution < 1.29 is 4.39 Å². The molecule has 0 amide bonds. The summed E-state index contributed by atoms with van der Waals surface area (Å²) in [6.45, 7) is 2.15. The van der Waals surface area contributed by atoms with E-state index in [2.05, 4.69) is 143 Å². The summed E-state index contributed by atoms with van der Waals surface area (Å²) in [5.74, 6) is -0.233. The number of anilines is 5. The molecule has 2 aromatic heterocycles. The Balaban J connectivity index is 1.27. The van der Waals surface area contributed by atoms with Gasteiger partial charge in [-0.2, -0.15) is 0 Å². The Kier molecular flexibility index (Phi) is 6.17. The lowest BCUT2D eigenvalue weighted by atomic mass is 10.1. The SMILES string of the molecule is Cc1ccc2c3ccc(N(c4ccccc4)c4ccc5c6ccc(N(C)c7ccc(F)cc7)cc6n(C)c5c4)cc3n(C)c2c1. The van der Waals surface area contributed by atoms with E-state index in [1.54, 1.807) is 0 Å². The van der Waals surface area contributed by atoms with Crippen LogP contribution in [0.3, 0.4) is 0 Å². The van der Waals surface area contributed by atoms with Crippen molar-refractivity contribution in [2.75, 3.05) is 16.8 Å². The molecule has 4 nitrogen and oxygen atoms in total. The Labute approximate surface area is 261 Å². The van der Waals surface area contributed by atoms with Gasteiger partial charge in [0.1, 0.15) is 5.82 Å². The average Bonchev–Trinajstić information content (AvgIpc) is 3.50. The van der Waals surface area contributed by atoms with Gasteiger partial charge in [-0.15, -0.1) is 0 Å². The third-order valence-electron chi connectivity index (χ3n) is 9.25. The molecule has 0 atom stereocenters. The van der Waals surface area contributed by atoms with E-state index in [9.17, 15) is 4.39 Å². The van der Waals surface area contributed by atoms with Crippen LogP contribution in [0.4, 0.5) is 32.8 Å². The van der Waals surface area contributed by atoms with Crippen LogP contribution in [0.15, 0.2) is 127 Å². The van der Waals surface area contributed by atoms with Crippen molar-refractivity contribution in [3.8, 4) is 0 Å². The topological polar surface area (TPSA) is 16.3 Å². The van der Waals surface area contributed by atoms with Crippen molar-refractivity contribution in [2.24, 2.45) is 14.1 Å². The summed E-state index contributed by atoms with van der Waals surface area (Å²) >= 11 is 0. The number of para-hydroxylation sites is 1. The number of benzene rings is 6. The van der Waals surface area contributed by atoms with Crippen molar-refractivity contribution in [1.82, 2.24) is 9.13 Å². The summed E-state index contributed by atoms with van der Waals surface area (Å²) in [7, 11) is 6.30. The number of nitrogens with zero attached hydrogens (tertiary/aromatic N) is 4. The Morgan fingerprint density at radius 1 is 0.467 bits per heavy atom. The molecule has 8 rings (SSSR count). The maximum Gasteiger partial charge on any atom is 0.123 e. The molecular formula is C40H33FN4. The zero-order valence-corrected chi connectivity index (χ0v) is 25.8. The number of rotatable bonds is 5. The van der Waals surface area contributed by atoms with Gasteiger partial charge in [-0.3, -0.25) is 0 Å². The second-order valence-corrected chi connectivity index (χ2v) is 11.9. The van der Waals surface area contributed by atoms with Crippen LogP contribution in [0.1, 0.15) is 5.56 Å². The van der Waals surface area contributed by atoms with Gasteiger partial charge in [-0.05, 0) is 91.3 Å². The van der Waals surface area contributed by atoms with E-state index in [0.29, 0.717) is 0 Å². The van der Waals surface area contributed by atoms with Crippen molar-refractivity contribution in [1.29, 1.82) is 0 Å². The van der Waals surface area contributed by atoms with Gasteiger partial charge < -0.3 is 18.9 Å². The molecule has 5 heteroatoms. The monoisotopic (exact) mass is 588 g/mol. The van der Waals surface area contributed by atoms with Crippen LogP contribution in [0, 0.1) is 12.7 Å². The summed E-state index contributed by atoms with van der Waals surface area (Å²) in [5, 5.41) is 4.95. The fourth-order valence-electron chi connectivity index (χ4n) is 6.81. The fourth-order valence-corrected chi connectivity index (χ4v) is 6.81. The molecule has 8 aromatic rings. The highest BCUT2D eigenvalue weighted by Gasteiger charge is 2.18. The van der Waals surface area contributed by atoms with Gasteiger partial charge in [-0.1, -0.05) is 48.5 Å². The molecule has 0 bridgehead atoms. The molecule has 0 aliphatic rings. The predicted octanol–water partition coefficient (Wildman–Crippen LogP) is 10.7. The minimum atomic E-state index is -0.233. The lowest BCUT2D eigenvalue weighted by Gasteiger charge is -2.26. The maximum atomic E-state index is 13.6. The highest BCUT2D eigenvalue weighted by Crippen LogP contribution is 2.41. The van der Waals surface area contributed by atoms with Crippen LogP contribution < -0.4 is 9.80 Å². The number of aryl methyl sites for hydroxylation is 3. The normalized spacial score (nSPS) is 11.7. The molecule has 45 heavy (non-hydrogen) atoms. The Morgan fingerprint density at radius 2 is 0.911 bits per heavy atom. The lowest BCUT2D eigenvalue weighted by Crippen LogP contribution is -2.10. The van der Waals surface area contributed by atoms with E-state index in [1.165, 1.54) is 50.3 Å². The van der Waals surface area contributed by atoms with Crippen molar-refractivity contribution in [3.63, 3.8) is 0 Å². The van der Waals surface area contributed by atoms with E-state index in [4.69, 9.17) is 0 Å². The van der Waals surface area contributed by atoms with E-state index in [-0.39, 0.29) is 5.82 Å². The highest BCUT2D eigenvalue weighted by molar-refractivity contribution is 6.11. The Bertz CT molecular complexity index is 2380. The quantitative estimate of drug-likeness (QED) is 0.199. The number of hydrogen-bond donors (Lipinski definition) is 0. The molecule has 0 saturated carbocycles. The van der Waals surface area contributed by atoms with Crippen molar-refractivity contribution >= 4 is 72.0 Å². The number of fused-ring (bicyclic) bond motifs is 6. The van der Waals surface area contributed by atoms with Gasteiger partial charge in [0.25, 0.3) is 0 Å². The minimum Gasteiger partial charge on any atom is -0.345 e. The van der Waals surface area contributed by atoms with Crippen LogP contribution in [-0.4, -0.2) is 16.2 Å². The average molecular weight is 589 g/mol. The van der Waals surface area contributed by atoms with Crippen molar-refractivity contribution in [3.05, 3.63) is 139 Å². The van der Waals surface area contributed by atoms with E-state index >= 15 is 0 Å². The fraction of sp³-hybridized carbons (Fsp3) is 0.100. The molecule has 6 aromatic carbocycles. The standard InChI is InChI=1S/C40H33FN4/c1-26-10-18-33-35-20-16-31(24-39(35)43(3)37(33)22-26)45(29-8-6-5-7-9-29)32-17-21-36-34-19-15-30(23-38(34)44(4)40(36)25-32)42(2)28-13-11-27(41)12-14-28/h5-25H,1-4H3. The van der Waals surface area contributed by atoms with Gasteiger partial charge in [0, 0.05) is 76.6 Å². The van der Waals surface area contributed by atoms with Gasteiger partial charge >= 0.3 is 0 Å². The maximum absolute atomic E-state index is 13.6. The van der Waals surface area contributed by atoms with Crippen molar-refractivity contribution in [2.45, 2.75) is 6.92 Å². The molecule has 0 saturated heterocycles. The largest absolute Gasteiger partial charge is 0.345 e. The van der Waals surface area contributed by atoms with E-state index in [0.717, 1.165) is 39.5 Å². The second kappa shape index (κ2) is 10.3. The molecule has 0 spiro atoms. The summed E-state index contributed by atoms with van der Waals surface area (Å²) < 4.78 is 18.1. The van der Waals surface area contributed by atoms with E-state index in [1.807, 2.05) is 19.2 Å². The molecule has 0 fully saturated rings. The number of halogens is 1. The van der Waals surface area contributed by atoms with Crippen LogP contribution in [0.5, 0.6) is 0 Å². The zero-order chi connectivity index (χ0) is 30.8. The van der Waals surface area contributed by atoms with Gasteiger partial charge in [0.05, 0.1) is 16.6 Å². The number of hydrogen-bond acceptors (Lipinski definition) is 2. The Morgan fingerprint density at radius 3 is 1.47 bits per heavy atom. The highest BCUT2D eigenvalue weighted by atomic mass is 19.1. The summed E-state index contributed by atoms with van der Waals surface area (Å²) in [4.78, 5) is 4.43. The molecule has 0 radical (unpaired) electrons. The van der Waals surface area contributed by atoms with Crippen LogP contribution in [-0.2, 0) is 14.1 Å². The van der Waals surface area contributed by atoms with Gasteiger partial charge in [0.2, 0.25) is 0 Å². The molecule has 0 unspecified atom stereocenters. The smallest absolute Gasteiger partial charge is 0.123 e. The third-order valence-corrected chi connectivity index (χ3v) is 9.25. The van der Waals surface area contributed by atoms with Crippen LogP contribution in [0.25, 0.3) is 43.6 Å². The lowest BCUT2D eigenvalue weighted by molar-refractivity contribution is 0.628. The van der Waals surface area contributed by atoms with Gasteiger partial charge in [0.15, 0.2) is 0 Å². The van der Waals surface area contributed by atoms with Crippen LogP contribution in [0.2, 0.25) is 0 Å². The predicted molar refractivity (Wildman–Crippen MR) is 188 cm³/mol. The second-order valence-electron chi connectivity index (χ2n) is 11.9. The first-order valence-corrected chi connectivity index (χ1v) is 15.2. The van der Waals surface area contributed by atoms with E-state index < -0.39 is 0 Å². The molecule has 0 aliphatic heterocycles. The molecule has 0 aliphatic carbocycles. The van der Waals surface area contributed by atoms with Gasteiger partial charge in [-0.25, -0.2) is 4.39 Å². The summed E-state index contributed by atoms with van der Waals surface area (Å²) in [6.07, 6.45) is 0. The number of aromatic nitrogens is 2. The van der Waals surface area contributed by atoms with Crippen LogP contribution >= 0.6 is 0 Å².